The van der Waals surface area contributed by atoms with Crippen LogP contribution in [-0.2, 0) is 6.54 Å². The molecule has 1 aromatic heterocycles. The minimum atomic E-state index is -0.108. The number of hydrogen-bond acceptors (Lipinski definition) is 4. The van der Waals surface area contributed by atoms with Gasteiger partial charge in [0.25, 0.3) is 11.8 Å². The van der Waals surface area contributed by atoms with Crippen molar-refractivity contribution in [1.29, 1.82) is 0 Å². The van der Waals surface area contributed by atoms with Gasteiger partial charge in [-0.05, 0) is 41.3 Å². The molecular formula is C23H23N3O2S. The number of carbonyl (C=O) groups is 2. The minimum absolute atomic E-state index is 0.108. The van der Waals surface area contributed by atoms with Gasteiger partial charge in [-0.1, -0.05) is 36.4 Å². The van der Waals surface area contributed by atoms with Gasteiger partial charge < -0.3 is 10.2 Å². The highest BCUT2D eigenvalue weighted by molar-refractivity contribution is 7.12. The lowest BCUT2D eigenvalue weighted by Gasteiger charge is -2.34. The number of piperazine rings is 1. The summed E-state index contributed by atoms with van der Waals surface area (Å²) in [6.45, 7) is 4.02. The average Bonchev–Trinajstić information content (AvgIpc) is 3.30. The van der Waals surface area contributed by atoms with Gasteiger partial charge in [-0.25, -0.2) is 0 Å². The highest BCUT2D eigenvalue weighted by atomic mass is 32.1. The number of anilines is 1. The molecule has 0 unspecified atom stereocenters. The Kier molecular flexibility index (Phi) is 6.03. The molecule has 4 rings (SSSR count). The highest BCUT2D eigenvalue weighted by Gasteiger charge is 2.22. The van der Waals surface area contributed by atoms with E-state index in [0.29, 0.717) is 5.56 Å². The van der Waals surface area contributed by atoms with Gasteiger partial charge in [-0.3, -0.25) is 14.5 Å². The largest absolute Gasteiger partial charge is 0.335 e. The lowest BCUT2D eigenvalue weighted by molar-refractivity contribution is 0.0633. The number of amides is 2. The Morgan fingerprint density at radius 2 is 1.59 bits per heavy atom. The number of carbonyl (C=O) groups excluding carboxylic acids is 2. The summed E-state index contributed by atoms with van der Waals surface area (Å²) < 4.78 is 0. The van der Waals surface area contributed by atoms with Crippen LogP contribution in [-0.4, -0.2) is 47.8 Å². The summed E-state index contributed by atoms with van der Waals surface area (Å²) in [5.41, 5.74) is 2.60. The van der Waals surface area contributed by atoms with Gasteiger partial charge in [0, 0.05) is 44.0 Å². The molecule has 0 spiro atoms. The van der Waals surface area contributed by atoms with Crippen LogP contribution < -0.4 is 5.32 Å². The second-order valence-electron chi connectivity index (χ2n) is 7.06. The summed E-state index contributed by atoms with van der Waals surface area (Å²) in [7, 11) is 0. The van der Waals surface area contributed by atoms with Crippen LogP contribution in [0, 0.1) is 0 Å². The first-order valence-corrected chi connectivity index (χ1v) is 10.6. The maximum atomic E-state index is 12.4. The molecule has 1 aliphatic rings. The van der Waals surface area contributed by atoms with Crippen molar-refractivity contribution in [2.45, 2.75) is 6.54 Å². The Labute approximate surface area is 174 Å². The molecule has 0 atom stereocenters. The maximum Gasteiger partial charge on any atom is 0.264 e. The molecular weight excluding hydrogens is 382 g/mol. The smallest absolute Gasteiger partial charge is 0.264 e. The summed E-state index contributed by atoms with van der Waals surface area (Å²) in [6, 6.07) is 21.0. The average molecular weight is 406 g/mol. The summed E-state index contributed by atoms with van der Waals surface area (Å²) in [5, 5.41) is 4.84. The van der Waals surface area contributed by atoms with E-state index < -0.39 is 0 Å². The van der Waals surface area contributed by atoms with Crippen LogP contribution >= 0.6 is 11.3 Å². The molecule has 0 saturated carbocycles. The van der Waals surface area contributed by atoms with Crippen LogP contribution in [0.3, 0.4) is 0 Å². The fraction of sp³-hybridized carbons (Fsp3) is 0.217. The summed E-state index contributed by atoms with van der Waals surface area (Å²) >= 11 is 1.49. The zero-order valence-corrected chi connectivity index (χ0v) is 16.9. The van der Waals surface area contributed by atoms with Gasteiger partial charge in [0.15, 0.2) is 0 Å². The molecule has 1 N–H and O–H groups in total. The predicted octanol–water partition coefficient (Wildman–Crippen LogP) is 3.96. The number of thiophene rings is 1. The predicted molar refractivity (Wildman–Crippen MR) is 116 cm³/mol. The van der Waals surface area contributed by atoms with Gasteiger partial charge in [0.1, 0.15) is 0 Å². The molecule has 1 fully saturated rings. The second-order valence-corrected chi connectivity index (χ2v) is 8.01. The Bertz CT molecular complexity index is 948. The zero-order chi connectivity index (χ0) is 20.1. The van der Waals surface area contributed by atoms with Crippen molar-refractivity contribution in [3.63, 3.8) is 0 Å². The normalized spacial score (nSPS) is 14.6. The molecule has 1 saturated heterocycles. The van der Waals surface area contributed by atoms with Gasteiger partial charge in [-0.2, -0.15) is 0 Å². The van der Waals surface area contributed by atoms with Crippen molar-refractivity contribution in [3.05, 3.63) is 88.1 Å². The zero-order valence-electron chi connectivity index (χ0n) is 16.1. The number of nitrogens with zero attached hydrogens (tertiary/aromatic N) is 2. The van der Waals surface area contributed by atoms with Crippen LogP contribution in [0.1, 0.15) is 25.6 Å². The van der Waals surface area contributed by atoms with Crippen LogP contribution in [0.25, 0.3) is 0 Å². The van der Waals surface area contributed by atoms with Crippen molar-refractivity contribution in [2.24, 2.45) is 0 Å². The second kappa shape index (κ2) is 9.03. The number of hydrogen-bond donors (Lipinski definition) is 1. The highest BCUT2D eigenvalue weighted by Crippen LogP contribution is 2.16. The third-order valence-corrected chi connectivity index (χ3v) is 5.90. The minimum Gasteiger partial charge on any atom is -0.335 e. The first-order chi connectivity index (χ1) is 14.2. The molecule has 2 amide bonds. The fourth-order valence-corrected chi connectivity index (χ4v) is 4.10. The Balaban J connectivity index is 1.28. The van der Waals surface area contributed by atoms with Crippen molar-refractivity contribution >= 4 is 28.8 Å². The third-order valence-electron chi connectivity index (χ3n) is 5.05. The fourth-order valence-electron chi connectivity index (χ4n) is 3.41. The molecule has 0 aliphatic carbocycles. The van der Waals surface area contributed by atoms with E-state index in [1.54, 1.807) is 0 Å². The molecule has 0 radical (unpaired) electrons. The lowest BCUT2D eigenvalue weighted by atomic mass is 10.1. The SMILES string of the molecule is O=C(Nc1ccccc1)c1ccc(CN2CCN(C(=O)c3cccs3)CC2)cc1. The van der Waals surface area contributed by atoms with E-state index in [2.05, 4.69) is 10.2 Å². The van der Waals surface area contributed by atoms with Gasteiger partial charge in [0.05, 0.1) is 4.88 Å². The van der Waals surface area contributed by atoms with Crippen LogP contribution in [0.15, 0.2) is 72.1 Å². The number of nitrogens with one attached hydrogen (secondary N) is 1. The molecule has 2 heterocycles. The third kappa shape index (κ3) is 4.91. The van der Waals surface area contributed by atoms with E-state index in [-0.39, 0.29) is 11.8 Å². The quantitative estimate of drug-likeness (QED) is 0.699. The molecule has 1 aliphatic heterocycles. The van der Waals surface area contributed by atoms with E-state index >= 15 is 0 Å². The van der Waals surface area contributed by atoms with Crippen LogP contribution in [0.4, 0.5) is 5.69 Å². The first kappa shape index (κ1) is 19.4. The van der Waals surface area contributed by atoms with E-state index in [0.717, 1.165) is 43.3 Å². The van der Waals surface area contributed by atoms with E-state index in [9.17, 15) is 9.59 Å². The lowest BCUT2D eigenvalue weighted by Crippen LogP contribution is -2.48. The number of para-hydroxylation sites is 1. The standard InChI is InChI=1S/C23H23N3O2S/c27-22(24-20-5-2-1-3-6-20)19-10-8-18(9-11-19)17-25-12-14-26(15-13-25)23(28)21-7-4-16-29-21/h1-11,16H,12-15,17H2,(H,24,27). The van der Waals surface area contributed by atoms with E-state index in [4.69, 9.17) is 0 Å². The number of benzene rings is 2. The van der Waals surface area contributed by atoms with Gasteiger partial charge in [0.2, 0.25) is 0 Å². The molecule has 3 aromatic rings. The van der Waals surface area contributed by atoms with E-state index in [1.807, 2.05) is 77.0 Å². The Hall–Kier alpha value is -2.96. The molecule has 5 nitrogen and oxygen atoms in total. The maximum absolute atomic E-state index is 12.4. The monoisotopic (exact) mass is 405 g/mol. The topological polar surface area (TPSA) is 52.7 Å². The number of rotatable bonds is 5. The van der Waals surface area contributed by atoms with Gasteiger partial charge >= 0.3 is 0 Å². The van der Waals surface area contributed by atoms with Gasteiger partial charge in [-0.15, -0.1) is 11.3 Å². The van der Waals surface area contributed by atoms with Crippen molar-refractivity contribution in [2.75, 3.05) is 31.5 Å². The summed E-state index contributed by atoms with van der Waals surface area (Å²) in [5.74, 6) is 0.0249. The Morgan fingerprint density at radius 3 is 2.24 bits per heavy atom. The van der Waals surface area contributed by atoms with Crippen molar-refractivity contribution < 1.29 is 9.59 Å². The first-order valence-electron chi connectivity index (χ1n) is 9.69. The summed E-state index contributed by atoms with van der Waals surface area (Å²) in [6.07, 6.45) is 0. The molecule has 6 heteroatoms. The Morgan fingerprint density at radius 1 is 0.862 bits per heavy atom. The van der Waals surface area contributed by atoms with Crippen LogP contribution in [0.2, 0.25) is 0 Å². The van der Waals surface area contributed by atoms with Crippen molar-refractivity contribution in [1.82, 2.24) is 9.80 Å². The molecule has 2 aromatic carbocycles. The van der Waals surface area contributed by atoms with Crippen LogP contribution in [0.5, 0.6) is 0 Å². The molecule has 29 heavy (non-hydrogen) atoms. The molecule has 0 bridgehead atoms. The van der Waals surface area contributed by atoms with Crippen molar-refractivity contribution in [3.8, 4) is 0 Å². The molecule has 148 valence electrons. The summed E-state index contributed by atoms with van der Waals surface area (Å²) in [4.78, 5) is 29.9. The van der Waals surface area contributed by atoms with E-state index in [1.165, 1.54) is 16.9 Å².